The van der Waals surface area contributed by atoms with Crippen LogP contribution in [0.1, 0.15) is 57.1 Å². The van der Waals surface area contributed by atoms with Crippen LogP contribution in [0, 0.1) is 0 Å². The third kappa shape index (κ3) is 4.18. The van der Waals surface area contributed by atoms with Crippen molar-refractivity contribution < 1.29 is 19.1 Å². The summed E-state index contributed by atoms with van der Waals surface area (Å²) < 4.78 is 11.0. The van der Waals surface area contributed by atoms with Crippen molar-refractivity contribution in [3.63, 3.8) is 0 Å². The van der Waals surface area contributed by atoms with Crippen molar-refractivity contribution in [3.8, 4) is 5.75 Å². The number of urea groups is 1. The van der Waals surface area contributed by atoms with Gasteiger partial charge in [-0.1, -0.05) is 25.0 Å². The van der Waals surface area contributed by atoms with Crippen LogP contribution >= 0.6 is 0 Å². The number of hydrogen-bond acceptors (Lipinski definition) is 4. The van der Waals surface area contributed by atoms with Crippen molar-refractivity contribution in [3.05, 3.63) is 41.1 Å². The maximum atomic E-state index is 12.9. The highest BCUT2D eigenvalue weighted by molar-refractivity contribution is 5.95. The minimum atomic E-state index is -0.534. The zero-order valence-electron chi connectivity index (χ0n) is 15.3. The van der Waals surface area contributed by atoms with Crippen LogP contribution in [-0.4, -0.2) is 25.2 Å². The Morgan fingerprint density at radius 3 is 2.35 bits per heavy atom. The lowest BCUT2D eigenvalue weighted by Crippen LogP contribution is -2.45. The van der Waals surface area contributed by atoms with E-state index >= 15 is 0 Å². The zero-order valence-corrected chi connectivity index (χ0v) is 15.3. The molecular weight excluding hydrogens is 332 g/mol. The minimum Gasteiger partial charge on any atom is -0.497 e. The summed E-state index contributed by atoms with van der Waals surface area (Å²) in [6.45, 7) is 1.74. The zero-order chi connectivity index (χ0) is 18.5. The van der Waals surface area contributed by atoms with Gasteiger partial charge in [0, 0.05) is 5.70 Å². The van der Waals surface area contributed by atoms with Gasteiger partial charge in [-0.15, -0.1) is 0 Å². The van der Waals surface area contributed by atoms with Gasteiger partial charge in [-0.3, -0.25) is 0 Å². The Balaban J connectivity index is 1.83. The second-order valence-electron chi connectivity index (χ2n) is 6.86. The van der Waals surface area contributed by atoms with Crippen molar-refractivity contribution in [2.45, 2.75) is 57.6 Å². The highest BCUT2D eigenvalue weighted by Gasteiger charge is 2.33. The molecule has 1 atom stereocenters. The average molecular weight is 358 g/mol. The number of carbonyl (C=O) groups is 2. The summed E-state index contributed by atoms with van der Waals surface area (Å²) in [6, 6.07) is 6.46. The van der Waals surface area contributed by atoms with E-state index in [1.165, 1.54) is 12.8 Å². The molecule has 26 heavy (non-hydrogen) atoms. The van der Waals surface area contributed by atoms with Gasteiger partial charge < -0.3 is 20.1 Å². The third-order valence-electron chi connectivity index (χ3n) is 5.01. The molecule has 0 unspecified atom stereocenters. The molecule has 1 saturated carbocycles. The molecule has 0 spiro atoms. The van der Waals surface area contributed by atoms with Gasteiger partial charge in [-0.25, -0.2) is 9.59 Å². The Morgan fingerprint density at radius 1 is 1.08 bits per heavy atom. The summed E-state index contributed by atoms with van der Waals surface area (Å²) in [6.07, 6.45) is 6.35. The van der Waals surface area contributed by atoms with E-state index in [1.54, 1.807) is 14.0 Å². The molecular formula is C20H26N2O4. The largest absolute Gasteiger partial charge is 0.497 e. The van der Waals surface area contributed by atoms with E-state index in [2.05, 4.69) is 10.6 Å². The number of methoxy groups -OCH3 is 1. The van der Waals surface area contributed by atoms with E-state index in [0.29, 0.717) is 11.3 Å². The lowest BCUT2D eigenvalue weighted by molar-refractivity contribution is -0.145. The molecule has 0 bridgehead atoms. The van der Waals surface area contributed by atoms with Crippen molar-refractivity contribution >= 4 is 12.0 Å². The Morgan fingerprint density at radius 2 is 1.73 bits per heavy atom. The standard InChI is InChI=1S/C20H26N2O4/c1-13-17(19(23)26-16-7-5-3-4-6-8-16)18(22-20(24)21-13)14-9-11-15(25-2)12-10-14/h9-12,16,18H,3-8H2,1-2H3,(H2,21,22,24)/t18-/m1/s1. The van der Waals surface area contributed by atoms with Gasteiger partial charge in [0.05, 0.1) is 18.7 Å². The Bertz CT molecular complexity index is 688. The summed E-state index contributed by atoms with van der Waals surface area (Å²) in [5.74, 6) is 0.361. The first-order valence-corrected chi connectivity index (χ1v) is 9.21. The van der Waals surface area contributed by atoms with E-state index in [1.807, 2.05) is 24.3 Å². The van der Waals surface area contributed by atoms with Crippen LogP contribution in [0.15, 0.2) is 35.5 Å². The predicted octanol–water partition coefficient (Wildman–Crippen LogP) is 3.59. The van der Waals surface area contributed by atoms with Crippen molar-refractivity contribution in [2.24, 2.45) is 0 Å². The number of hydrogen-bond donors (Lipinski definition) is 2. The fraction of sp³-hybridized carbons (Fsp3) is 0.500. The van der Waals surface area contributed by atoms with Gasteiger partial charge in [0.15, 0.2) is 0 Å². The normalized spacial score (nSPS) is 21.5. The van der Waals surface area contributed by atoms with Crippen LogP contribution in [0.2, 0.25) is 0 Å². The molecule has 1 aliphatic carbocycles. The molecule has 1 aromatic carbocycles. The lowest BCUT2D eigenvalue weighted by Gasteiger charge is -2.29. The molecule has 2 aliphatic rings. The maximum absolute atomic E-state index is 12.9. The Kier molecular flexibility index (Phi) is 5.81. The summed E-state index contributed by atoms with van der Waals surface area (Å²) in [4.78, 5) is 24.9. The molecule has 1 heterocycles. The van der Waals surface area contributed by atoms with E-state index in [-0.39, 0.29) is 18.1 Å². The molecule has 1 fully saturated rings. The van der Waals surface area contributed by atoms with E-state index < -0.39 is 6.04 Å². The van der Waals surface area contributed by atoms with Crippen LogP contribution in [0.4, 0.5) is 4.79 Å². The number of ether oxygens (including phenoxy) is 2. The molecule has 1 aliphatic heterocycles. The molecule has 1 aromatic rings. The van der Waals surface area contributed by atoms with Gasteiger partial charge in [-0.05, 0) is 50.3 Å². The molecule has 6 nitrogen and oxygen atoms in total. The molecule has 2 amide bonds. The quantitative estimate of drug-likeness (QED) is 0.637. The topological polar surface area (TPSA) is 76.7 Å². The summed E-state index contributed by atoms with van der Waals surface area (Å²) in [5, 5.41) is 5.52. The van der Waals surface area contributed by atoms with Gasteiger partial charge in [-0.2, -0.15) is 0 Å². The van der Waals surface area contributed by atoms with Crippen molar-refractivity contribution in [1.82, 2.24) is 10.6 Å². The van der Waals surface area contributed by atoms with Gasteiger partial charge >= 0.3 is 12.0 Å². The highest BCUT2D eigenvalue weighted by atomic mass is 16.5. The lowest BCUT2D eigenvalue weighted by atomic mass is 9.95. The molecule has 2 N–H and O–H groups in total. The molecule has 3 rings (SSSR count). The number of allylic oxidation sites excluding steroid dienone is 1. The highest BCUT2D eigenvalue weighted by Crippen LogP contribution is 2.30. The fourth-order valence-corrected chi connectivity index (χ4v) is 3.59. The molecule has 140 valence electrons. The number of esters is 1. The van der Waals surface area contributed by atoms with Crippen LogP contribution in [0.3, 0.4) is 0 Å². The molecule has 0 aromatic heterocycles. The number of amides is 2. The van der Waals surface area contributed by atoms with E-state index in [4.69, 9.17) is 9.47 Å². The second kappa shape index (κ2) is 8.25. The first-order valence-electron chi connectivity index (χ1n) is 9.21. The number of benzene rings is 1. The number of carbonyl (C=O) groups excluding carboxylic acids is 2. The minimum absolute atomic E-state index is 0.0422. The molecule has 6 heteroatoms. The monoisotopic (exact) mass is 358 g/mol. The van der Waals surface area contributed by atoms with Gasteiger partial charge in [0.1, 0.15) is 11.9 Å². The number of rotatable bonds is 4. The van der Waals surface area contributed by atoms with Crippen LogP contribution in [-0.2, 0) is 9.53 Å². The van der Waals surface area contributed by atoms with Crippen molar-refractivity contribution in [2.75, 3.05) is 7.11 Å². The van der Waals surface area contributed by atoms with Crippen LogP contribution in [0.5, 0.6) is 5.75 Å². The van der Waals surface area contributed by atoms with E-state index in [9.17, 15) is 9.59 Å². The number of nitrogens with one attached hydrogen (secondary N) is 2. The first kappa shape index (κ1) is 18.3. The fourth-order valence-electron chi connectivity index (χ4n) is 3.59. The van der Waals surface area contributed by atoms with Crippen LogP contribution in [0.25, 0.3) is 0 Å². The summed E-state index contributed by atoms with van der Waals surface area (Å²) >= 11 is 0. The molecule has 0 radical (unpaired) electrons. The third-order valence-corrected chi connectivity index (χ3v) is 5.01. The summed E-state index contributed by atoms with van der Waals surface area (Å²) in [5.41, 5.74) is 1.81. The molecule has 0 saturated heterocycles. The van der Waals surface area contributed by atoms with Gasteiger partial charge in [0.25, 0.3) is 0 Å². The Hall–Kier alpha value is -2.50. The summed E-state index contributed by atoms with van der Waals surface area (Å²) in [7, 11) is 1.60. The SMILES string of the molecule is COc1ccc([C@H]2NC(=O)NC(C)=C2C(=O)OC2CCCCCC2)cc1. The smallest absolute Gasteiger partial charge is 0.338 e. The van der Waals surface area contributed by atoms with Crippen molar-refractivity contribution in [1.29, 1.82) is 0 Å². The van der Waals surface area contributed by atoms with Crippen LogP contribution < -0.4 is 15.4 Å². The maximum Gasteiger partial charge on any atom is 0.338 e. The Labute approximate surface area is 153 Å². The average Bonchev–Trinajstić information content (AvgIpc) is 2.89. The predicted molar refractivity (Wildman–Crippen MR) is 97.7 cm³/mol. The van der Waals surface area contributed by atoms with E-state index in [0.717, 1.165) is 37.0 Å². The first-order chi connectivity index (χ1) is 12.6. The van der Waals surface area contributed by atoms with Gasteiger partial charge in [0.2, 0.25) is 0 Å². The second-order valence-corrected chi connectivity index (χ2v) is 6.86.